The van der Waals surface area contributed by atoms with Gasteiger partial charge in [-0.2, -0.15) is 0 Å². The van der Waals surface area contributed by atoms with Crippen LogP contribution in [0.2, 0.25) is 0 Å². The molecule has 1 nitrogen and oxygen atoms in total. The maximum Gasteiger partial charge on any atom is 0.122 e. The number of rotatable bonds is 9. The minimum Gasteiger partial charge on any atom is -0.493 e. The highest BCUT2D eigenvalue weighted by Gasteiger charge is 2.21. The second-order valence-corrected chi connectivity index (χ2v) is 7.29. The fourth-order valence-corrected chi connectivity index (χ4v) is 3.77. The zero-order valence-electron chi connectivity index (χ0n) is 16.0. The Bertz CT molecular complexity index is 495. The van der Waals surface area contributed by atoms with E-state index in [4.69, 9.17) is 4.74 Å². The molecule has 24 heavy (non-hydrogen) atoms. The summed E-state index contributed by atoms with van der Waals surface area (Å²) in [4.78, 5) is 0. The van der Waals surface area contributed by atoms with Gasteiger partial charge in [0.15, 0.2) is 0 Å². The highest BCUT2D eigenvalue weighted by molar-refractivity contribution is 5.39. The first-order valence-corrected chi connectivity index (χ1v) is 10.2. The van der Waals surface area contributed by atoms with E-state index in [2.05, 4.69) is 51.1 Å². The Balaban J connectivity index is 1.98. The van der Waals surface area contributed by atoms with Crippen molar-refractivity contribution in [1.82, 2.24) is 0 Å². The predicted octanol–water partition coefficient (Wildman–Crippen LogP) is 7.06. The van der Waals surface area contributed by atoms with Crippen molar-refractivity contribution in [2.75, 3.05) is 6.61 Å². The molecule has 1 aromatic carbocycles. The van der Waals surface area contributed by atoms with E-state index in [-0.39, 0.29) is 0 Å². The van der Waals surface area contributed by atoms with Gasteiger partial charge in [-0.3, -0.25) is 0 Å². The Kier molecular flexibility index (Phi) is 8.42. The zero-order chi connectivity index (χ0) is 17.2. The first kappa shape index (κ1) is 19.1. The fraction of sp³-hybridized carbons (Fsp3) is 0.652. The molecule has 0 N–H and O–H groups in total. The zero-order valence-corrected chi connectivity index (χ0v) is 16.0. The van der Waals surface area contributed by atoms with Gasteiger partial charge in [-0.05, 0) is 74.0 Å². The van der Waals surface area contributed by atoms with Gasteiger partial charge in [0.05, 0.1) is 6.61 Å². The minimum atomic E-state index is 0.747. The van der Waals surface area contributed by atoms with Crippen molar-refractivity contribution in [2.45, 2.75) is 84.5 Å². The summed E-state index contributed by atoms with van der Waals surface area (Å²) in [5.74, 6) is 2.67. The summed E-state index contributed by atoms with van der Waals surface area (Å²) in [5, 5.41) is 0. The van der Waals surface area contributed by atoms with Gasteiger partial charge in [0.1, 0.15) is 5.75 Å². The number of benzene rings is 1. The molecule has 0 bridgehead atoms. The van der Waals surface area contributed by atoms with Crippen LogP contribution in [0, 0.1) is 5.92 Å². The van der Waals surface area contributed by atoms with E-state index < -0.39 is 0 Å². The van der Waals surface area contributed by atoms with E-state index in [0.29, 0.717) is 0 Å². The van der Waals surface area contributed by atoms with Crippen molar-refractivity contribution in [3.8, 4) is 5.75 Å². The molecular weight excluding hydrogens is 292 g/mol. The van der Waals surface area contributed by atoms with Crippen LogP contribution in [0.3, 0.4) is 0 Å². The summed E-state index contributed by atoms with van der Waals surface area (Å²) in [6.45, 7) is 7.50. The summed E-state index contributed by atoms with van der Waals surface area (Å²) < 4.78 is 5.94. The molecule has 1 fully saturated rings. The second kappa shape index (κ2) is 10.6. The molecule has 0 heterocycles. The summed E-state index contributed by atoms with van der Waals surface area (Å²) in [6, 6.07) is 6.98. The van der Waals surface area contributed by atoms with E-state index >= 15 is 0 Å². The van der Waals surface area contributed by atoms with Gasteiger partial charge < -0.3 is 4.74 Å². The van der Waals surface area contributed by atoms with Crippen LogP contribution in [0.5, 0.6) is 5.75 Å². The minimum absolute atomic E-state index is 0.747. The smallest absolute Gasteiger partial charge is 0.122 e. The third-order valence-electron chi connectivity index (χ3n) is 5.17. The third kappa shape index (κ3) is 5.69. The molecule has 134 valence electrons. The van der Waals surface area contributed by atoms with Crippen LogP contribution in [0.25, 0.3) is 0 Å². The summed E-state index contributed by atoms with van der Waals surface area (Å²) in [6.07, 6.45) is 16.1. The Morgan fingerprint density at radius 1 is 1.00 bits per heavy atom. The largest absolute Gasteiger partial charge is 0.493 e. The highest BCUT2D eigenvalue weighted by atomic mass is 16.5. The van der Waals surface area contributed by atoms with Crippen molar-refractivity contribution in [1.29, 1.82) is 0 Å². The lowest BCUT2D eigenvalue weighted by molar-refractivity contribution is 0.313. The molecule has 0 radical (unpaired) electrons. The third-order valence-corrected chi connectivity index (χ3v) is 5.17. The quantitative estimate of drug-likeness (QED) is 0.441. The number of unbranched alkanes of at least 4 members (excludes halogenated alkanes) is 1. The first-order valence-electron chi connectivity index (χ1n) is 10.2. The van der Waals surface area contributed by atoms with Gasteiger partial charge in [0, 0.05) is 0 Å². The lowest BCUT2D eigenvalue weighted by Gasteiger charge is -2.28. The van der Waals surface area contributed by atoms with Crippen molar-refractivity contribution in [3.05, 3.63) is 41.5 Å². The van der Waals surface area contributed by atoms with E-state index in [1.807, 2.05) is 0 Å². The van der Waals surface area contributed by atoms with Crippen molar-refractivity contribution in [2.24, 2.45) is 5.92 Å². The van der Waals surface area contributed by atoms with E-state index in [0.717, 1.165) is 37.0 Å². The van der Waals surface area contributed by atoms with Crippen molar-refractivity contribution < 1.29 is 4.74 Å². The molecule has 0 saturated heterocycles. The van der Waals surface area contributed by atoms with Crippen LogP contribution in [-0.4, -0.2) is 6.61 Å². The summed E-state index contributed by atoms with van der Waals surface area (Å²) in [5.41, 5.74) is 2.95. The molecule has 1 aromatic rings. The van der Waals surface area contributed by atoms with Gasteiger partial charge >= 0.3 is 0 Å². The van der Waals surface area contributed by atoms with E-state index in [9.17, 15) is 0 Å². The summed E-state index contributed by atoms with van der Waals surface area (Å²) >= 11 is 0. The lowest BCUT2D eigenvalue weighted by atomic mass is 9.78. The number of hydrogen-bond donors (Lipinski definition) is 0. The van der Waals surface area contributed by atoms with Crippen LogP contribution in [0.4, 0.5) is 0 Å². The number of hydrogen-bond acceptors (Lipinski definition) is 1. The van der Waals surface area contributed by atoms with Crippen LogP contribution in [-0.2, 0) is 6.42 Å². The molecule has 0 aromatic heterocycles. The molecule has 1 saturated carbocycles. The fourth-order valence-electron chi connectivity index (χ4n) is 3.77. The monoisotopic (exact) mass is 328 g/mol. The Morgan fingerprint density at radius 3 is 2.46 bits per heavy atom. The Labute approximate surface area is 149 Å². The second-order valence-electron chi connectivity index (χ2n) is 7.29. The molecule has 0 aliphatic heterocycles. The highest BCUT2D eigenvalue weighted by Crippen LogP contribution is 2.38. The molecule has 1 aliphatic carbocycles. The first-order chi connectivity index (χ1) is 11.8. The molecule has 1 aliphatic rings. The van der Waals surface area contributed by atoms with E-state index in [1.54, 1.807) is 5.56 Å². The molecule has 0 unspecified atom stereocenters. The number of allylic oxidation sites excluding steroid dienone is 2. The van der Waals surface area contributed by atoms with Crippen LogP contribution >= 0.6 is 0 Å². The van der Waals surface area contributed by atoms with Gasteiger partial charge in [-0.1, -0.05) is 57.9 Å². The topological polar surface area (TPSA) is 9.23 Å². The SMILES string of the molecule is CCCC=CC1CCC(c2ccc(OCCC)c(CCC)c2)CC1. The van der Waals surface area contributed by atoms with Gasteiger partial charge in [-0.15, -0.1) is 0 Å². The normalized spacial score (nSPS) is 21.3. The van der Waals surface area contributed by atoms with Crippen molar-refractivity contribution in [3.63, 3.8) is 0 Å². The molecular formula is C23H36O. The summed E-state index contributed by atoms with van der Waals surface area (Å²) in [7, 11) is 0. The molecule has 2 rings (SSSR count). The molecule has 0 amide bonds. The molecule has 1 heteroatoms. The van der Waals surface area contributed by atoms with Gasteiger partial charge in [-0.25, -0.2) is 0 Å². The Hall–Kier alpha value is -1.24. The maximum atomic E-state index is 5.94. The average molecular weight is 329 g/mol. The number of ether oxygens (including phenoxy) is 1. The predicted molar refractivity (Wildman–Crippen MR) is 105 cm³/mol. The molecule has 0 spiro atoms. The average Bonchev–Trinajstić information content (AvgIpc) is 2.62. The van der Waals surface area contributed by atoms with Crippen LogP contribution < -0.4 is 4.74 Å². The Morgan fingerprint density at radius 2 is 1.79 bits per heavy atom. The lowest BCUT2D eigenvalue weighted by Crippen LogP contribution is -2.12. The number of aryl methyl sites for hydroxylation is 1. The molecule has 0 atom stereocenters. The van der Waals surface area contributed by atoms with Crippen LogP contribution in [0.1, 0.15) is 89.2 Å². The van der Waals surface area contributed by atoms with Gasteiger partial charge in [0.25, 0.3) is 0 Å². The van der Waals surface area contributed by atoms with E-state index in [1.165, 1.54) is 50.5 Å². The standard InChI is InChI=1S/C23H36O/c1-4-7-8-10-19-11-13-20(14-12-19)21-15-16-23(24-17-6-3)22(18-21)9-5-2/h8,10,15-16,18-20H,4-7,9,11-14,17H2,1-3H3. The van der Waals surface area contributed by atoms with Gasteiger partial charge in [0.2, 0.25) is 0 Å². The van der Waals surface area contributed by atoms with Crippen LogP contribution in [0.15, 0.2) is 30.4 Å². The maximum absolute atomic E-state index is 5.94. The van der Waals surface area contributed by atoms with Crippen molar-refractivity contribution >= 4 is 0 Å².